The monoisotopic (exact) mass is 240 g/mol. The van der Waals surface area contributed by atoms with Gasteiger partial charge in [-0.3, -0.25) is 4.79 Å². The highest BCUT2D eigenvalue weighted by Crippen LogP contribution is 2.30. The lowest BCUT2D eigenvalue weighted by atomic mass is 9.77. The fraction of sp³-hybridized carbons (Fsp3) is 0.929. The van der Waals surface area contributed by atoms with E-state index < -0.39 is 0 Å². The maximum atomic E-state index is 12.5. The van der Waals surface area contributed by atoms with E-state index in [1.807, 2.05) is 4.90 Å². The third kappa shape index (κ3) is 3.98. The first-order valence-electron chi connectivity index (χ1n) is 7.14. The van der Waals surface area contributed by atoms with Gasteiger partial charge in [-0.05, 0) is 38.5 Å². The molecule has 1 rings (SSSR count). The van der Waals surface area contributed by atoms with Gasteiger partial charge in [-0.15, -0.1) is 0 Å². The van der Waals surface area contributed by atoms with Crippen molar-refractivity contribution in [2.24, 2.45) is 17.6 Å². The number of hydrogen-bond donors (Lipinski definition) is 1. The van der Waals surface area contributed by atoms with E-state index in [-0.39, 0.29) is 12.0 Å². The molecule has 3 nitrogen and oxygen atoms in total. The quantitative estimate of drug-likeness (QED) is 0.802. The molecule has 2 N–H and O–H groups in total. The molecule has 0 heterocycles. The van der Waals surface area contributed by atoms with Crippen LogP contribution in [0.5, 0.6) is 0 Å². The van der Waals surface area contributed by atoms with Crippen LogP contribution < -0.4 is 5.73 Å². The van der Waals surface area contributed by atoms with Gasteiger partial charge in [0.25, 0.3) is 0 Å². The number of nitrogens with two attached hydrogens (primary N) is 1. The van der Waals surface area contributed by atoms with Gasteiger partial charge in [-0.2, -0.15) is 0 Å². The molecule has 0 aliphatic heterocycles. The fourth-order valence-corrected chi connectivity index (χ4v) is 2.71. The van der Waals surface area contributed by atoms with Crippen molar-refractivity contribution in [2.75, 3.05) is 13.1 Å². The number of hydrogen-bond acceptors (Lipinski definition) is 2. The Labute approximate surface area is 106 Å². The highest BCUT2D eigenvalue weighted by atomic mass is 16.2. The summed E-state index contributed by atoms with van der Waals surface area (Å²) >= 11 is 0. The zero-order valence-electron chi connectivity index (χ0n) is 11.6. The van der Waals surface area contributed by atoms with Crippen molar-refractivity contribution in [1.29, 1.82) is 0 Å². The van der Waals surface area contributed by atoms with E-state index in [9.17, 15) is 4.79 Å². The molecule has 3 atom stereocenters. The second kappa shape index (κ2) is 7.00. The lowest BCUT2D eigenvalue weighted by molar-refractivity contribution is -0.138. The fourth-order valence-electron chi connectivity index (χ4n) is 2.71. The Hall–Kier alpha value is -0.570. The topological polar surface area (TPSA) is 46.3 Å². The van der Waals surface area contributed by atoms with Crippen molar-refractivity contribution in [3.05, 3.63) is 0 Å². The molecule has 0 aromatic rings. The summed E-state index contributed by atoms with van der Waals surface area (Å²) < 4.78 is 0. The van der Waals surface area contributed by atoms with Crippen LogP contribution in [0.2, 0.25) is 0 Å². The smallest absolute Gasteiger partial charge is 0.225 e. The van der Waals surface area contributed by atoms with Gasteiger partial charge >= 0.3 is 0 Å². The summed E-state index contributed by atoms with van der Waals surface area (Å²) in [5.74, 6) is 0.997. The van der Waals surface area contributed by atoms with Crippen LogP contribution in [0.4, 0.5) is 0 Å². The number of carbonyl (C=O) groups is 1. The number of nitrogens with zero attached hydrogens (tertiary/aromatic N) is 1. The van der Waals surface area contributed by atoms with E-state index in [0.717, 1.165) is 45.2 Å². The third-order valence-electron chi connectivity index (χ3n) is 4.03. The van der Waals surface area contributed by atoms with Gasteiger partial charge in [0.15, 0.2) is 0 Å². The van der Waals surface area contributed by atoms with Gasteiger partial charge in [0.1, 0.15) is 0 Å². The molecular formula is C14H28N2O. The summed E-state index contributed by atoms with van der Waals surface area (Å²) in [7, 11) is 0. The standard InChI is InChI=1S/C14H28N2O/c1-4-6-9-16(5-2)14(17)13-10-12(15)8-7-11(13)3/h11-13H,4-10,15H2,1-3H3. The molecule has 1 saturated carbocycles. The van der Waals surface area contributed by atoms with Gasteiger partial charge in [0, 0.05) is 25.0 Å². The van der Waals surface area contributed by atoms with Crippen LogP contribution in [0.25, 0.3) is 0 Å². The highest BCUT2D eigenvalue weighted by molar-refractivity contribution is 5.79. The maximum Gasteiger partial charge on any atom is 0.225 e. The molecule has 3 unspecified atom stereocenters. The van der Waals surface area contributed by atoms with Crippen LogP contribution >= 0.6 is 0 Å². The Balaban J connectivity index is 2.58. The minimum atomic E-state index is 0.163. The minimum absolute atomic E-state index is 0.163. The third-order valence-corrected chi connectivity index (χ3v) is 4.03. The zero-order chi connectivity index (χ0) is 12.8. The van der Waals surface area contributed by atoms with E-state index in [4.69, 9.17) is 5.73 Å². The second-order valence-electron chi connectivity index (χ2n) is 5.43. The molecule has 0 radical (unpaired) electrons. The van der Waals surface area contributed by atoms with Crippen LogP contribution in [0.3, 0.4) is 0 Å². The molecule has 0 saturated heterocycles. The number of unbranched alkanes of at least 4 members (excludes halogenated alkanes) is 1. The summed E-state index contributed by atoms with van der Waals surface area (Å²) in [6.45, 7) is 8.17. The first kappa shape index (κ1) is 14.5. The van der Waals surface area contributed by atoms with E-state index >= 15 is 0 Å². The van der Waals surface area contributed by atoms with Gasteiger partial charge in [0.05, 0.1) is 0 Å². The van der Waals surface area contributed by atoms with Crippen LogP contribution in [0, 0.1) is 11.8 Å². The Kier molecular flexibility index (Phi) is 5.96. The summed E-state index contributed by atoms with van der Waals surface area (Å²) in [6.07, 6.45) is 5.30. The molecule has 0 spiro atoms. The predicted octanol–water partition coefficient (Wildman–Crippen LogP) is 2.40. The Morgan fingerprint density at radius 2 is 2.06 bits per heavy atom. The average Bonchev–Trinajstić information content (AvgIpc) is 2.33. The van der Waals surface area contributed by atoms with Crippen molar-refractivity contribution in [3.63, 3.8) is 0 Å². The molecule has 0 aromatic heterocycles. The van der Waals surface area contributed by atoms with E-state index in [1.54, 1.807) is 0 Å². The van der Waals surface area contributed by atoms with Gasteiger partial charge in [-0.1, -0.05) is 20.3 Å². The Morgan fingerprint density at radius 1 is 1.35 bits per heavy atom. The van der Waals surface area contributed by atoms with Crippen molar-refractivity contribution in [2.45, 2.75) is 58.9 Å². The lowest BCUT2D eigenvalue weighted by Crippen LogP contribution is -2.44. The molecule has 3 heteroatoms. The zero-order valence-corrected chi connectivity index (χ0v) is 11.6. The number of rotatable bonds is 5. The maximum absolute atomic E-state index is 12.5. The van der Waals surface area contributed by atoms with E-state index in [1.165, 1.54) is 0 Å². The highest BCUT2D eigenvalue weighted by Gasteiger charge is 2.33. The predicted molar refractivity (Wildman–Crippen MR) is 71.6 cm³/mol. The lowest BCUT2D eigenvalue weighted by Gasteiger charge is -2.35. The molecule has 1 aliphatic carbocycles. The average molecular weight is 240 g/mol. The molecule has 17 heavy (non-hydrogen) atoms. The van der Waals surface area contributed by atoms with Crippen molar-refractivity contribution < 1.29 is 4.79 Å². The van der Waals surface area contributed by atoms with Crippen molar-refractivity contribution >= 4 is 5.91 Å². The largest absolute Gasteiger partial charge is 0.343 e. The SMILES string of the molecule is CCCCN(CC)C(=O)C1CC(N)CCC1C. The number of amides is 1. The molecule has 0 bridgehead atoms. The van der Waals surface area contributed by atoms with Crippen LogP contribution in [0.1, 0.15) is 52.9 Å². The molecule has 100 valence electrons. The minimum Gasteiger partial charge on any atom is -0.343 e. The van der Waals surface area contributed by atoms with Gasteiger partial charge in [-0.25, -0.2) is 0 Å². The normalized spacial score (nSPS) is 29.1. The Bertz CT molecular complexity index is 242. The molecule has 1 amide bonds. The summed E-state index contributed by atoms with van der Waals surface area (Å²) in [4.78, 5) is 14.5. The second-order valence-corrected chi connectivity index (χ2v) is 5.43. The summed E-state index contributed by atoms with van der Waals surface area (Å²) in [6, 6.07) is 0.227. The summed E-state index contributed by atoms with van der Waals surface area (Å²) in [5.41, 5.74) is 6.00. The van der Waals surface area contributed by atoms with Crippen molar-refractivity contribution in [3.8, 4) is 0 Å². The molecule has 1 aliphatic rings. The van der Waals surface area contributed by atoms with Crippen LogP contribution in [-0.4, -0.2) is 29.9 Å². The number of carbonyl (C=O) groups excluding carboxylic acids is 1. The molecule has 1 fully saturated rings. The van der Waals surface area contributed by atoms with Crippen molar-refractivity contribution in [1.82, 2.24) is 4.90 Å². The Morgan fingerprint density at radius 3 is 2.65 bits per heavy atom. The van der Waals surface area contributed by atoms with Gasteiger partial charge in [0.2, 0.25) is 5.91 Å². The van der Waals surface area contributed by atoms with E-state index in [2.05, 4.69) is 20.8 Å². The molecular weight excluding hydrogens is 212 g/mol. The molecule has 0 aromatic carbocycles. The van der Waals surface area contributed by atoms with Gasteiger partial charge < -0.3 is 10.6 Å². The summed E-state index contributed by atoms with van der Waals surface area (Å²) in [5, 5.41) is 0. The first-order chi connectivity index (χ1) is 8.10. The first-order valence-corrected chi connectivity index (χ1v) is 7.14. The van der Waals surface area contributed by atoms with E-state index in [0.29, 0.717) is 11.8 Å². The van der Waals surface area contributed by atoms with Crippen LogP contribution in [-0.2, 0) is 4.79 Å². The van der Waals surface area contributed by atoms with Crippen LogP contribution in [0.15, 0.2) is 0 Å².